The second-order valence-electron chi connectivity index (χ2n) is 6.54. The van der Waals surface area contributed by atoms with Gasteiger partial charge in [-0.15, -0.1) is 0 Å². The SMILES string of the molecule is Cc1ccc(S(=O)(=O)Nc2ccccc2C(=O)N2CCC(C(=O)O)C2)cc1. The molecule has 0 radical (unpaired) electrons. The van der Waals surface area contributed by atoms with Crippen molar-refractivity contribution in [3.63, 3.8) is 0 Å². The molecule has 1 atom stereocenters. The van der Waals surface area contributed by atoms with Crippen molar-refractivity contribution in [2.24, 2.45) is 5.92 Å². The number of aryl methyl sites for hydroxylation is 1. The summed E-state index contributed by atoms with van der Waals surface area (Å²) in [5, 5.41) is 9.11. The van der Waals surface area contributed by atoms with E-state index in [1.165, 1.54) is 29.2 Å². The van der Waals surface area contributed by atoms with Gasteiger partial charge in [0, 0.05) is 13.1 Å². The maximum atomic E-state index is 12.8. The summed E-state index contributed by atoms with van der Waals surface area (Å²) in [7, 11) is -3.85. The Morgan fingerprint density at radius 2 is 1.78 bits per heavy atom. The average Bonchev–Trinajstić information content (AvgIpc) is 3.12. The molecule has 7 nitrogen and oxygen atoms in total. The number of aliphatic carboxylic acids is 1. The lowest BCUT2D eigenvalue weighted by molar-refractivity contribution is -0.141. The molecule has 0 bridgehead atoms. The number of sulfonamides is 1. The zero-order chi connectivity index (χ0) is 19.6. The van der Waals surface area contributed by atoms with Crippen LogP contribution < -0.4 is 4.72 Å². The third-order valence-corrected chi connectivity index (χ3v) is 5.94. The average molecular weight is 388 g/mol. The largest absolute Gasteiger partial charge is 0.481 e. The van der Waals surface area contributed by atoms with Crippen LogP contribution in [0.1, 0.15) is 22.3 Å². The van der Waals surface area contributed by atoms with Crippen LogP contribution in [0.15, 0.2) is 53.4 Å². The van der Waals surface area contributed by atoms with E-state index in [0.29, 0.717) is 13.0 Å². The zero-order valence-electron chi connectivity index (χ0n) is 14.8. The second-order valence-corrected chi connectivity index (χ2v) is 8.22. The molecular formula is C19H20N2O5S. The smallest absolute Gasteiger partial charge is 0.308 e. The van der Waals surface area contributed by atoms with E-state index >= 15 is 0 Å². The molecule has 27 heavy (non-hydrogen) atoms. The zero-order valence-corrected chi connectivity index (χ0v) is 15.6. The maximum absolute atomic E-state index is 12.8. The highest BCUT2D eigenvalue weighted by Gasteiger charge is 2.32. The minimum absolute atomic E-state index is 0.0995. The van der Waals surface area contributed by atoms with Crippen LogP contribution in [0.2, 0.25) is 0 Å². The van der Waals surface area contributed by atoms with Crippen LogP contribution in [-0.2, 0) is 14.8 Å². The summed E-state index contributed by atoms with van der Waals surface area (Å²) in [6.45, 7) is 2.31. The lowest BCUT2D eigenvalue weighted by Gasteiger charge is -2.18. The Balaban J connectivity index is 1.85. The van der Waals surface area contributed by atoms with Crippen molar-refractivity contribution in [2.75, 3.05) is 17.8 Å². The molecule has 1 aliphatic rings. The van der Waals surface area contributed by atoms with Crippen molar-refractivity contribution < 1.29 is 23.1 Å². The van der Waals surface area contributed by atoms with Gasteiger partial charge in [-0.1, -0.05) is 29.8 Å². The number of nitrogens with zero attached hydrogens (tertiary/aromatic N) is 1. The number of carboxylic acids is 1. The van der Waals surface area contributed by atoms with Gasteiger partial charge in [0.2, 0.25) is 0 Å². The fourth-order valence-electron chi connectivity index (χ4n) is 3.00. The predicted octanol–water partition coefficient (Wildman–Crippen LogP) is 2.34. The third kappa shape index (κ3) is 4.11. The Kier molecular flexibility index (Phi) is 5.18. The third-order valence-electron chi connectivity index (χ3n) is 4.56. The standard InChI is InChI=1S/C19H20N2O5S/c1-13-6-8-15(9-7-13)27(25,26)20-17-5-3-2-4-16(17)18(22)21-11-10-14(12-21)19(23)24/h2-9,14,20H,10-12H2,1H3,(H,23,24). The Bertz CT molecular complexity index is 970. The summed E-state index contributed by atoms with van der Waals surface area (Å²) < 4.78 is 27.7. The Morgan fingerprint density at radius 1 is 1.11 bits per heavy atom. The van der Waals surface area contributed by atoms with Gasteiger partial charge >= 0.3 is 5.97 Å². The van der Waals surface area contributed by atoms with Crippen LogP contribution in [0, 0.1) is 12.8 Å². The fraction of sp³-hybridized carbons (Fsp3) is 0.263. The number of carboxylic acid groups (broad SMARTS) is 1. The topological polar surface area (TPSA) is 104 Å². The molecule has 0 spiro atoms. The van der Waals surface area contributed by atoms with Gasteiger partial charge in [0.25, 0.3) is 15.9 Å². The van der Waals surface area contributed by atoms with Crippen molar-refractivity contribution in [3.05, 3.63) is 59.7 Å². The first-order chi connectivity index (χ1) is 12.8. The number of anilines is 1. The van der Waals surface area contributed by atoms with E-state index in [0.717, 1.165) is 5.56 Å². The Morgan fingerprint density at radius 3 is 2.41 bits per heavy atom. The van der Waals surface area contributed by atoms with E-state index < -0.39 is 21.9 Å². The maximum Gasteiger partial charge on any atom is 0.308 e. The number of carbonyl (C=O) groups excluding carboxylic acids is 1. The minimum Gasteiger partial charge on any atom is -0.481 e. The number of nitrogens with one attached hydrogen (secondary N) is 1. The lowest BCUT2D eigenvalue weighted by atomic mass is 10.1. The molecule has 1 amide bonds. The molecule has 1 unspecified atom stereocenters. The van der Waals surface area contributed by atoms with Crippen LogP contribution in [0.3, 0.4) is 0 Å². The monoisotopic (exact) mass is 388 g/mol. The number of hydrogen-bond donors (Lipinski definition) is 2. The number of benzene rings is 2. The molecule has 1 saturated heterocycles. The fourth-order valence-corrected chi connectivity index (χ4v) is 4.08. The quantitative estimate of drug-likeness (QED) is 0.818. The molecule has 142 valence electrons. The van der Waals surface area contributed by atoms with Gasteiger partial charge in [-0.25, -0.2) is 8.42 Å². The number of hydrogen-bond acceptors (Lipinski definition) is 4. The normalized spacial score (nSPS) is 16.9. The van der Waals surface area contributed by atoms with Crippen LogP contribution in [0.25, 0.3) is 0 Å². The molecule has 3 rings (SSSR count). The molecule has 1 heterocycles. The molecule has 0 saturated carbocycles. The summed E-state index contributed by atoms with van der Waals surface area (Å²) >= 11 is 0. The van der Waals surface area contributed by atoms with Crippen molar-refractivity contribution in [2.45, 2.75) is 18.2 Å². The minimum atomic E-state index is -3.85. The number of rotatable bonds is 5. The molecule has 2 N–H and O–H groups in total. The lowest BCUT2D eigenvalue weighted by Crippen LogP contribution is -2.30. The molecule has 0 aliphatic carbocycles. The molecule has 2 aromatic carbocycles. The highest BCUT2D eigenvalue weighted by molar-refractivity contribution is 7.92. The van der Waals surface area contributed by atoms with E-state index in [9.17, 15) is 18.0 Å². The summed E-state index contributed by atoms with van der Waals surface area (Å²) in [6.07, 6.45) is 0.387. The first-order valence-corrected chi connectivity index (χ1v) is 9.97. The molecule has 8 heteroatoms. The first kappa shape index (κ1) is 18.9. The van der Waals surface area contributed by atoms with Gasteiger partial charge in [0.05, 0.1) is 22.1 Å². The van der Waals surface area contributed by atoms with Crippen molar-refractivity contribution >= 4 is 27.6 Å². The Hall–Kier alpha value is -2.87. The van der Waals surface area contributed by atoms with Crippen LogP contribution in [0.5, 0.6) is 0 Å². The molecule has 1 fully saturated rings. The number of amides is 1. The number of carbonyl (C=O) groups is 2. The van der Waals surface area contributed by atoms with E-state index in [2.05, 4.69) is 4.72 Å². The van der Waals surface area contributed by atoms with Gasteiger partial charge in [-0.3, -0.25) is 14.3 Å². The summed E-state index contributed by atoms with van der Waals surface area (Å²) in [6, 6.07) is 12.7. The van der Waals surface area contributed by atoms with E-state index in [1.54, 1.807) is 24.3 Å². The second kappa shape index (κ2) is 7.40. The number of para-hydroxylation sites is 1. The first-order valence-electron chi connectivity index (χ1n) is 8.48. The Labute approximate surface area is 157 Å². The van der Waals surface area contributed by atoms with Gasteiger partial charge < -0.3 is 10.0 Å². The van der Waals surface area contributed by atoms with Crippen LogP contribution in [-0.4, -0.2) is 43.4 Å². The van der Waals surface area contributed by atoms with Gasteiger partial charge in [0.1, 0.15) is 0 Å². The predicted molar refractivity (Wildman–Crippen MR) is 100 cm³/mol. The van der Waals surface area contributed by atoms with Gasteiger partial charge in [-0.2, -0.15) is 0 Å². The summed E-state index contributed by atoms with van der Waals surface area (Å²) in [4.78, 5) is 25.5. The van der Waals surface area contributed by atoms with E-state index in [-0.39, 0.29) is 28.6 Å². The highest BCUT2D eigenvalue weighted by Crippen LogP contribution is 2.25. The number of likely N-dealkylation sites (tertiary alicyclic amines) is 1. The summed E-state index contributed by atoms with van der Waals surface area (Å²) in [5.74, 6) is -1.91. The van der Waals surface area contributed by atoms with Gasteiger partial charge in [-0.05, 0) is 37.6 Å². The van der Waals surface area contributed by atoms with E-state index in [1.807, 2.05) is 6.92 Å². The van der Waals surface area contributed by atoms with Crippen LogP contribution >= 0.6 is 0 Å². The van der Waals surface area contributed by atoms with E-state index in [4.69, 9.17) is 5.11 Å². The molecule has 1 aliphatic heterocycles. The van der Waals surface area contributed by atoms with Crippen molar-refractivity contribution in [1.82, 2.24) is 4.90 Å². The summed E-state index contributed by atoms with van der Waals surface area (Å²) in [5.41, 5.74) is 1.30. The molecule has 2 aromatic rings. The molecular weight excluding hydrogens is 368 g/mol. The van der Waals surface area contributed by atoms with Crippen LogP contribution in [0.4, 0.5) is 5.69 Å². The van der Waals surface area contributed by atoms with Gasteiger partial charge in [0.15, 0.2) is 0 Å². The van der Waals surface area contributed by atoms with Crippen molar-refractivity contribution in [1.29, 1.82) is 0 Å². The van der Waals surface area contributed by atoms with Crippen molar-refractivity contribution in [3.8, 4) is 0 Å². The highest BCUT2D eigenvalue weighted by atomic mass is 32.2. The molecule has 0 aromatic heterocycles.